The Labute approximate surface area is 261 Å². The molecule has 3 fully saturated rings. The number of rotatable bonds is 7. The molecule has 0 spiro atoms. The molecule has 4 aliphatic heterocycles. The molecule has 1 unspecified atom stereocenters. The second kappa shape index (κ2) is 11.4. The molecule has 2 aromatic heterocycles. The molecule has 0 N–H and O–H groups in total. The zero-order valence-corrected chi connectivity index (χ0v) is 26.3. The summed E-state index contributed by atoms with van der Waals surface area (Å²) in [5.41, 5.74) is 6.37. The molecule has 44 heavy (non-hydrogen) atoms. The Morgan fingerprint density at radius 2 is 1.77 bits per heavy atom. The highest BCUT2D eigenvalue weighted by atomic mass is 16.5. The molecule has 8 nitrogen and oxygen atoms in total. The van der Waals surface area contributed by atoms with Crippen molar-refractivity contribution in [1.82, 2.24) is 24.6 Å². The largest absolute Gasteiger partial charge is 0.461 e. The van der Waals surface area contributed by atoms with Gasteiger partial charge in [0.15, 0.2) is 0 Å². The van der Waals surface area contributed by atoms with Crippen LogP contribution in [0.15, 0.2) is 48.7 Å². The number of ether oxygens (including phenoxy) is 1. The number of piperidine rings is 1. The van der Waals surface area contributed by atoms with Gasteiger partial charge in [0.05, 0.1) is 29.5 Å². The molecule has 1 atom stereocenters. The standard InChI is InChI=1S/C36H45N7O/c1-3-27-9-4-10-28-11-5-13-32(33(27)28)40-21-15-30-31(24-40)37-35(44-25-36-16-7-19-42(36)20-8-17-36)38-34(30)41-18-6-12-29(23-41)43-22-14-26(2)39-43/h4-5,9-11,13-14,22,29H,3,6-8,12,15-21,23-25H2,1-2H3. The fourth-order valence-corrected chi connectivity index (χ4v) is 8.54. The van der Waals surface area contributed by atoms with Crippen molar-refractivity contribution in [1.29, 1.82) is 0 Å². The number of anilines is 2. The highest BCUT2D eigenvalue weighted by molar-refractivity contribution is 5.97. The molecule has 0 aliphatic carbocycles. The first kappa shape index (κ1) is 27.9. The summed E-state index contributed by atoms with van der Waals surface area (Å²) in [5, 5.41) is 7.46. The number of fused-ring (bicyclic) bond motifs is 3. The van der Waals surface area contributed by atoms with Gasteiger partial charge in [0.2, 0.25) is 0 Å². The fourth-order valence-electron chi connectivity index (χ4n) is 8.54. The van der Waals surface area contributed by atoms with Crippen LogP contribution in [0.5, 0.6) is 6.01 Å². The van der Waals surface area contributed by atoms with E-state index < -0.39 is 0 Å². The van der Waals surface area contributed by atoms with Gasteiger partial charge in [-0.1, -0.05) is 37.3 Å². The summed E-state index contributed by atoms with van der Waals surface area (Å²) in [6.45, 7) is 11.0. The Hall–Kier alpha value is -3.65. The van der Waals surface area contributed by atoms with Crippen molar-refractivity contribution in [2.45, 2.75) is 83.3 Å². The van der Waals surface area contributed by atoms with E-state index in [0.29, 0.717) is 18.7 Å². The molecule has 8 rings (SSSR count). The first-order valence-electron chi connectivity index (χ1n) is 16.9. The molecule has 0 saturated carbocycles. The van der Waals surface area contributed by atoms with Gasteiger partial charge in [-0.05, 0) is 94.5 Å². The minimum absolute atomic E-state index is 0.166. The minimum atomic E-state index is 0.166. The third-order valence-corrected chi connectivity index (χ3v) is 10.8. The maximum atomic E-state index is 6.63. The van der Waals surface area contributed by atoms with Crippen molar-refractivity contribution in [3.05, 3.63) is 71.2 Å². The Morgan fingerprint density at radius 3 is 2.57 bits per heavy atom. The molecule has 4 aliphatic rings. The van der Waals surface area contributed by atoms with Gasteiger partial charge in [0, 0.05) is 42.5 Å². The molecule has 0 amide bonds. The van der Waals surface area contributed by atoms with E-state index in [4.69, 9.17) is 19.8 Å². The number of aryl methyl sites for hydroxylation is 2. The average molecular weight is 592 g/mol. The van der Waals surface area contributed by atoms with Crippen LogP contribution >= 0.6 is 0 Å². The zero-order chi connectivity index (χ0) is 29.7. The molecule has 230 valence electrons. The quantitative estimate of drug-likeness (QED) is 0.257. The molecule has 0 bridgehead atoms. The first-order chi connectivity index (χ1) is 21.6. The second-order valence-electron chi connectivity index (χ2n) is 13.5. The minimum Gasteiger partial charge on any atom is -0.461 e. The van der Waals surface area contributed by atoms with Crippen molar-refractivity contribution in [2.75, 3.05) is 49.1 Å². The molecule has 8 heteroatoms. The lowest BCUT2D eigenvalue weighted by atomic mass is 9.95. The molecule has 3 saturated heterocycles. The van der Waals surface area contributed by atoms with Gasteiger partial charge in [-0.2, -0.15) is 15.1 Å². The number of aromatic nitrogens is 4. The van der Waals surface area contributed by atoms with Crippen molar-refractivity contribution in [2.24, 2.45) is 0 Å². The summed E-state index contributed by atoms with van der Waals surface area (Å²) in [6.07, 6.45) is 11.3. The van der Waals surface area contributed by atoms with Crippen LogP contribution < -0.4 is 14.5 Å². The first-order valence-corrected chi connectivity index (χ1v) is 16.9. The van der Waals surface area contributed by atoms with E-state index in [0.717, 1.165) is 69.1 Å². The Morgan fingerprint density at radius 1 is 0.932 bits per heavy atom. The predicted octanol–water partition coefficient (Wildman–Crippen LogP) is 6.11. The van der Waals surface area contributed by atoms with Crippen molar-refractivity contribution in [3.8, 4) is 6.01 Å². The maximum absolute atomic E-state index is 6.63. The van der Waals surface area contributed by atoms with Gasteiger partial charge < -0.3 is 14.5 Å². The van der Waals surface area contributed by atoms with Crippen LogP contribution in [-0.2, 0) is 19.4 Å². The zero-order valence-electron chi connectivity index (χ0n) is 26.3. The number of hydrogen-bond donors (Lipinski definition) is 0. The lowest BCUT2D eigenvalue weighted by molar-refractivity contribution is 0.107. The number of hydrogen-bond acceptors (Lipinski definition) is 7. The second-order valence-corrected chi connectivity index (χ2v) is 13.5. The van der Waals surface area contributed by atoms with E-state index in [2.05, 4.69) is 81.9 Å². The Bertz CT molecular complexity index is 1650. The Balaban J connectivity index is 1.14. The van der Waals surface area contributed by atoms with E-state index >= 15 is 0 Å². The van der Waals surface area contributed by atoms with Gasteiger partial charge in [-0.25, -0.2) is 0 Å². The molecular weight excluding hydrogens is 546 g/mol. The van der Waals surface area contributed by atoms with Crippen LogP contribution in [0.1, 0.15) is 74.0 Å². The monoisotopic (exact) mass is 591 g/mol. The highest BCUT2D eigenvalue weighted by Gasteiger charge is 2.45. The summed E-state index contributed by atoms with van der Waals surface area (Å²) in [7, 11) is 0. The fraction of sp³-hybridized carbons (Fsp3) is 0.528. The normalized spacial score (nSPS) is 21.5. The van der Waals surface area contributed by atoms with Crippen molar-refractivity contribution < 1.29 is 4.74 Å². The van der Waals surface area contributed by atoms with Gasteiger partial charge in [0.25, 0.3) is 0 Å². The third-order valence-electron chi connectivity index (χ3n) is 10.8. The van der Waals surface area contributed by atoms with Crippen LogP contribution in [0.25, 0.3) is 10.8 Å². The third kappa shape index (κ3) is 4.91. The van der Waals surface area contributed by atoms with E-state index in [9.17, 15) is 0 Å². The van der Waals surface area contributed by atoms with Crippen LogP contribution in [0, 0.1) is 6.92 Å². The van der Waals surface area contributed by atoms with Gasteiger partial charge in [-0.3, -0.25) is 9.58 Å². The van der Waals surface area contributed by atoms with E-state index in [1.807, 2.05) is 0 Å². The average Bonchev–Trinajstić information content (AvgIpc) is 3.79. The summed E-state index contributed by atoms with van der Waals surface area (Å²) < 4.78 is 8.79. The van der Waals surface area contributed by atoms with E-state index in [1.165, 1.54) is 66.4 Å². The molecule has 6 heterocycles. The van der Waals surface area contributed by atoms with Gasteiger partial charge in [-0.15, -0.1) is 0 Å². The number of nitrogens with zero attached hydrogens (tertiary/aromatic N) is 7. The van der Waals surface area contributed by atoms with Crippen LogP contribution in [0.3, 0.4) is 0 Å². The summed E-state index contributed by atoms with van der Waals surface area (Å²) in [4.78, 5) is 18.1. The summed E-state index contributed by atoms with van der Waals surface area (Å²) >= 11 is 0. The summed E-state index contributed by atoms with van der Waals surface area (Å²) in [6, 6.07) is 16.4. The van der Waals surface area contributed by atoms with Crippen molar-refractivity contribution >= 4 is 22.3 Å². The molecule has 2 aromatic carbocycles. The SMILES string of the molecule is CCc1cccc2cccc(N3CCc4c(nc(OCC56CCCN5CCC6)nc4N4CCCC(n5ccc(C)n5)C4)C3)c12. The highest BCUT2D eigenvalue weighted by Crippen LogP contribution is 2.40. The Kier molecular flexibility index (Phi) is 7.20. The summed E-state index contributed by atoms with van der Waals surface area (Å²) in [5.74, 6) is 1.08. The predicted molar refractivity (Wildman–Crippen MR) is 176 cm³/mol. The van der Waals surface area contributed by atoms with Gasteiger partial charge >= 0.3 is 6.01 Å². The maximum Gasteiger partial charge on any atom is 0.318 e. The molecule has 4 aromatic rings. The molecular formula is C36H45N7O. The lowest BCUT2D eigenvalue weighted by Crippen LogP contribution is -2.44. The van der Waals surface area contributed by atoms with Gasteiger partial charge in [0.1, 0.15) is 12.4 Å². The van der Waals surface area contributed by atoms with Crippen LogP contribution in [0.4, 0.5) is 11.5 Å². The smallest absolute Gasteiger partial charge is 0.318 e. The number of benzene rings is 2. The van der Waals surface area contributed by atoms with Crippen LogP contribution in [-0.4, -0.2) is 69.5 Å². The topological polar surface area (TPSA) is 62.6 Å². The van der Waals surface area contributed by atoms with E-state index in [-0.39, 0.29) is 5.54 Å². The van der Waals surface area contributed by atoms with E-state index in [1.54, 1.807) is 0 Å². The van der Waals surface area contributed by atoms with Crippen molar-refractivity contribution in [3.63, 3.8) is 0 Å². The lowest BCUT2D eigenvalue weighted by Gasteiger charge is -2.38. The molecule has 0 radical (unpaired) electrons. The van der Waals surface area contributed by atoms with Crippen LogP contribution in [0.2, 0.25) is 0 Å².